The van der Waals surface area contributed by atoms with Gasteiger partial charge in [0.05, 0.1) is 5.76 Å². The minimum atomic E-state index is -0.982. The number of aryl methyl sites for hydroxylation is 2. The molecule has 25 heavy (non-hydrogen) atoms. The second-order valence-corrected chi connectivity index (χ2v) is 6.83. The normalized spacial score (nSPS) is 10.3. The van der Waals surface area contributed by atoms with E-state index in [1.54, 1.807) is 17.8 Å². The van der Waals surface area contributed by atoms with Crippen molar-refractivity contribution in [3.05, 3.63) is 65.9 Å². The fourth-order valence-corrected chi connectivity index (χ4v) is 3.11. The highest BCUT2D eigenvalue weighted by atomic mass is 32.2. The number of carboxylic acid groups (broad SMARTS) is 1. The molecule has 0 saturated carbocycles. The molecule has 0 aliphatic carbocycles. The van der Waals surface area contributed by atoms with E-state index in [0.29, 0.717) is 5.75 Å². The summed E-state index contributed by atoms with van der Waals surface area (Å²) < 4.78 is 10.9. The molecule has 0 fully saturated rings. The summed E-state index contributed by atoms with van der Waals surface area (Å²) >= 11 is 1.70. The lowest BCUT2D eigenvalue weighted by Gasteiger charge is -2.10. The van der Waals surface area contributed by atoms with Crippen LogP contribution in [0, 0.1) is 13.8 Å². The van der Waals surface area contributed by atoms with E-state index in [0.717, 1.165) is 34.1 Å². The van der Waals surface area contributed by atoms with Gasteiger partial charge in [0.2, 0.25) is 0 Å². The number of carboxylic acids is 1. The van der Waals surface area contributed by atoms with Crippen molar-refractivity contribution in [3.63, 3.8) is 0 Å². The van der Waals surface area contributed by atoms with Gasteiger partial charge < -0.3 is 14.6 Å². The molecule has 2 rings (SSSR count). The van der Waals surface area contributed by atoms with Crippen LogP contribution in [0.15, 0.2) is 59.7 Å². The van der Waals surface area contributed by atoms with E-state index in [9.17, 15) is 4.79 Å². The SMILES string of the molecule is C=C(CCSc1ccc(OCC(=O)O)c(C)c1)Oc1ccc(C)cc1. The molecule has 0 aliphatic heterocycles. The lowest BCUT2D eigenvalue weighted by Crippen LogP contribution is -2.10. The molecule has 0 bridgehead atoms. The quantitative estimate of drug-likeness (QED) is 0.513. The van der Waals surface area contributed by atoms with E-state index in [1.807, 2.05) is 50.2 Å². The Kier molecular flexibility index (Phi) is 6.95. The molecule has 2 aromatic carbocycles. The second kappa shape index (κ2) is 9.18. The van der Waals surface area contributed by atoms with E-state index in [2.05, 4.69) is 6.58 Å². The van der Waals surface area contributed by atoms with Crippen LogP contribution in [0.4, 0.5) is 0 Å². The number of hydrogen-bond acceptors (Lipinski definition) is 4. The summed E-state index contributed by atoms with van der Waals surface area (Å²) in [4.78, 5) is 11.7. The molecule has 0 unspecified atom stereocenters. The van der Waals surface area contributed by atoms with Gasteiger partial charge in [0.15, 0.2) is 6.61 Å². The van der Waals surface area contributed by atoms with Gasteiger partial charge in [0, 0.05) is 17.1 Å². The molecular formula is C20H22O4S. The molecule has 0 radical (unpaired) electrons. The molecule has 0 spiro atoms. The molecule has 1 N–H and O–H groups in total. The molecule has 0 aromatic heterocycles. The summed E-state index contributed by atoms with van der Waals surface area (Å²) in [7, 11) is 0. The van der Waals surface area contributed by atoms with Gasteiger partial charge in [-0.15, -0.1) is 11.8 Å². The lowest BCUT2D eigenvalue weighted by molar-refractivity contribution is -0.139. The minimum absolute atomic E-state index is 0.330. The fourth-order valence-electron chi connectivity index (χ4n) is 2.12. The number of carbonyl (C=O) groups is 1. The molecule has 4 nitrogen and oxygen atoms in total. The lowest BCUT2D eigenvalue weighted by atomic mass is 10.2. The zero-order valence-corrected chi connectivity index (χ0v) is 15.3. The maximum atomic E-state index is 10.6. The number of aliphatic carboxylic acids is 1. The molecule has 0 saturated heterocycles. The average Bonchev–Trinajstić information content (AvgIpc) is 2.56. The second-order valence-electron chi connectivity index (χ2n) is 5.66. The van der Waals surface area contributed by atoms with Crippen LogP contribution < -0.4 is 9.47 Å². The van der Waals surface area contributed by atoms with Crippen LogP contribution >= 0.6 is 11.8 Å². The fraction of sp³-hybridized carbons (Fsp3) is 0.250. The van der Waals surface area contributed by atoms with Crippen molar-refractivity contribution >= 4 is 17.7 Å². The van der Waals surface area contributed by atoms with Gasteiger partial charge in [-0.2, -0.15) is 0 Å². The summed E-state index contributed by atoms with van der Waals surface area (Å²) in [6.07, 6.45) is 0.745. The molecule has 132 valence electrons. The predicted octanol–water partition coefficient (Wildman–Crippen LogP) is 4.84. The highest BCUT2D eigenvalue weighted by molar-refractivity contribution is 7.99. The first kappa shape index (κ1) is 18.9. The first-order valence-electron chi connectivity index (χ1n) is 7.94. The van der Waals surface area contributed by atoms with Crippen molar-refractivity contribution < 1.29 is 19.4 Å². The topological polar surface area (TPSA) is 55.8 Å². The van der Waals surface area contributed by atoms with Gasteiger partial charge >= 0.3 is 5.97 Å². The van der Waals surface area contributed by atoms with Crippen LogP contribution in [0.25, 0.3) is 0 Å². The first-order valence-corrected chi connectivity index (χ1v) is 8.93. The van der Waals surface area contributed by atoms with Crippen molar-refractivity contribution in [1.29, 1.82) is 0 Å². The van der Waals surface area contributed by atoms with Crippen LogP contribution in [0.5, 0.6) is 11.5 Å². The highest BCUT2D eigenvalue weighted by Crippen LogP contribution is 2.27. The van der Waals surface area contributed by atoms with E-state index >= 15 is 0 Å². The monoisotopic (exact) mass is 358 g/mol. The molecule has 5 heteroatoms. The Balaban J connectivity index is 1.79. The molecule has 0 aliphatic rings. The number of allylic oxidation sites excluding steroid dienone is 1. The third-order valence-electron chi connectivity index (χ3n) is 3.43. The standard InChI is InChI=1S/C20H22O4S/c1-14-4-6-17(7-5-14)24-16(3)10-11-25-18-8-9-19(15(2)12-18)23-13-20(21)22/h4-9,12H,3,10-11,13H2,1-2H3,(H,21,22). The van der Waals surface area contributed by atoms with Crippen LogP contribution in [-0.4, -0.2) is 23.4 Å². The number of thioether (sulfide) groups is 1. The van der Waals surface area contributed by atoms with Gasteiger partial charge in [-0.1, -0.05) is 24.3 Å². The van der Waals surface area contributed by atoms with Crippen molar-refractivity contribution in [2.24, 2.45) is 0 Å². The zero-order chi connectivity index (χ0) is 18.2. The van der Waals surface area contributed by atoms with Crippen LogP contribution in [-0.2, 0) is 4.79 Å². The minimum Gasteiger partial charge on any atom is -0.482 e. The van der Waals surface area contributed by atoms with Crippen LogP contribution in [0.3, 0.4) is 0 Å². The summed E-state index contributed by atoms with van der Waals surface area (Å²) in [6.45, 7) is 7.58. The summed E-state index contributed by atoms with van der Waals surface area (Å²) in [5.74, 6) is 1.99. The van der Waals surface area contributed by atoms with Gasteiger partial charge in [-0.05, 0) is 49.7 Å². The predicted molar refractivity (Wildman–Crippen MR) is 101 cm³/mol. The summed E-state index contributed by atoms with van der Waals surface area (Å²) in [5.41, 5.74) is 2.11. The van der Waals surface area contributed by atoms with Crippen molar-refractivity contribution in [2.75, 3.05) is 12.4 Å². The molecular weight excluding hydrogens is 336 g/mol. The van der Waals surface area contributed by atoms with Gasteiger partial charge in [-0.25, -0.2) is 4.79 Å². The maximum Gasteiger partial charge on any atom is 0.341 e. The van der Waals surface area contributed by atoms with Gasteiger partial charge in [0.25, 0.3) is 0 Å². The van der Waals surface area contributed by atoms with Crippen LogP contribution in [0.1, 0.15) is 17.5 Å². The first-order chi connectivity index (χ1) is 11.9. The Morgan fingerprint density at radius 3 is 2.52 bits per heavy atom. The Morgan fingerprint density at radius 2 is 1.88 bits per heavy atom. The maximum absolute atomic E-state index is 10.6. The summed E-state index contributed by atoms with van der Waals surface area (Å²) in [5, 5.41) is 8.66. The molecule has 0 heterocycles. The number of ether oxygens (including phenoxy) is 2. The van der Waals surface area contributed by atoms with E-state index < -0.39 is 5.97 Å². The Bertz CT molecular complexity index is 738. The molecule has 0 atom stereocenters. The van der Waals surface area contributed by atoms with E-state index in [-0.39, 0.29) is 6.61 Å². The molecule has 0 amide bonds. The summed E-state index contributed by atoms with van der Waals surface area (Å²) in [6, 6.07) is 13.6. The van der Waals surface area contributed by atoms with E-state index in [4.69, 9.17) is 14.6 Å². The Hall–Kier alpha value is -2.40. The Labute approximate surface area is 152 Å². The molecule has 2 aromatic rings. The highest BCUT2D eigenvalue weighted by Gasteiger charge is 2.05. The smallest absolute Gasteiger partial charge is 0.341 e. The van der Waals surface area contributed by atoms with E-state index in [1.165, 1.54) is 5.56 Å². The van der Waals surface area contributed by atoms with Crippen molar-refractivity contribution in [1.82, 2.24) is 0 Å². The van der Waals surface area contributed by atoms with Crippen molar-refractivity contribution in [2.45, 2.75) is 25.2 Å². The largest absolute Gasteiger partial charge is 0.482 e. The third-order valence-corrected chi connectivity index (χ3v) is 4.43. The third kappa shape index (κ3) is 6.55. The zero-order valence-electron chi connectivity index (χ0n) is 14.5. The van der Waals surface area contributed by atoms with Gasteiger partial charge in [0.1, 0.15) is 11.5 Å². The average molecular weight is 358 g/mol. The number of benzene rings is 2. The number of rotatable bonds is 9. The van der Waals surface area contributed by atoms with Gasteiger partial charge in [-0.3, -0.25) is 0 Å². The Morgan fingerprint density at radius 1 is 1.16 bits per heavy atom. The van der Waals surface area contributed by atoms with Crippen LogP contribution in [0.2, 0.25) is 0 Å². The number of hydrogen-bond donors (Lipinski definition) is 1. The van der Waals surface area contributed by atoms with Crippen molar-refractivity contribution in [3.8, 4) is 11.5 Å².